The van der Waals surface area contributed by atoms with Crippen LogP contribution in [0.1, 0.15) is 41.5 Å². The molecule has 11 heteroatoms. The third-order valence-corrected chi connectivity index (χ3v) is 3.52. The fraction of sp³-hybridized carbons (Fsp3) is 0.913. The lowest BCUT2D eigenvalue weighted by atomic mass is 10.2. The van der Waals surface area contributed by atoms with Gasteiger partial charge in [-0.2, -0.15) is 0 Å². The molecule has 34 heavy (non-hydrogen) atoms. The molecule has 2 N–H and O–H groups in total. The molecular weight excluding hydrogens is 448 g/mol. The number of rotatable bonds is 20. The van der Waals surface area contributed by atoms with Gasteiger partial charge in [0.25, 0.3) is 0 Å². The van der Waals surface area contributed by atoms with E-state index >= 15 is 0 Å². The second-order valence-electron chi connectivity index (χ2n) is 9.25. The van der Waals surface area contributed by atoms with Crippen molar-refractivity contribution >= 4 is 12.1 Å². The van der Waals surface area contributed by atoms with Gasteiger partial charge in [0.1, 0.15) is 11.2 Å². The number of hydrogen-bond donors (Lipinski definition) is 2. The highest BCUT2D eigenvalue weighted by atomic mass is 16.6. The third kappa shape index (κ3) is 26.7. The van der Waals surface area contributed by atoms with Gasteiger partial charge in [-0.25, -0.2) is 4.79 Å². The Morgan fingerprint density at radius 1 is 0.559 bits per heavy atom. The molecule has 0 unspecified atom stereocenters. The number of carbonyl (C=O) groups excluding carboxylic acids is 2. The van der Waals surface area contributed by atoms with Crippen LogP contribution in [-0.4, -0.2) is 109 Å². The maximum Gasteiger partial charge on any atom is 0.407 e. The average molecular weight is 495 g/mol. The smallest absolute Gasteiger partial charge is 0.407 e. The molecule has 0 bridgehead atoms. The minimum atomic E-state index is -0.508. The van der Waals surface area contributed by atoms with E-state index in [1.165, 1.54) is 0 Å². The first kappa shape index (κ1) is 32.5. The number of ether oxygens (including phenoxy) is 7. The van der Waals surface area contributed by atoms with Gasteiger partial charge in [-0.05, 0) is 41.5 Å². The van der Waals surface area contributed by atoms with E-state index in [0.29, 0.717) is 79.2 Å². The van der Waals surface area contributed by atoms with Crippen LogP contribution in [0.3, 0.4) is 0 Å². The summed E-state index contributed by atoms with van der Waals surface area (Å²) in [6.07, 6.45) is -0.453. The van der Waals surface area contributed by atoms with E-state index < -0.39 is 17.3 Å². The number of esters is 1. The molecule has 0 saturated carbocycles. The molecule has 0 saturated heterocycles. The Kier molecular flexibility index (Phi) is 18.9. The maximum absolute atomic E-state index is 11.5. The summed E-state index contributed by atoms with van der Waals surface area (Å²) in [5, 5.41) is 5.59. The highest BCUT2D eigenvalue weighted by Gasteiger charge is 2.16. The van der Waals surface area contributed by atoms with Gasteiger partial charge in [0, 0.05) is 13.1 Å². The summed E-state index contributed by atoms with van der Waals surface area (Å²) >= 11 is 0. The van der Waals surface area contributed by atoms with Gasteiger partial charge in [-0.1, -0.05) is 0 Å². The van der Waals surface area contributed by atoms with Crippen LogP contribution < -0.4 is 10.6 Å². The van der Waals surface area contributed by atoms with Crippen molar-refractivity contribution in [1.29, 1.82) is 0 Å². The van der Waals surface area contributed by atoms with Crippen molar-refractivity contribution in [2.24, 2.45) is 0 Å². The number of carbonyl (C=O) groups is 2. The maximum atomic E-state index is 11.5. The number of amides is 1. The SMILES string of the molecule is CC(C)(C)OC(=O)CNCCOCCOCCOCCOCCOCCNC(=O)OC(C)(C)C. The van der Waals surface area contributed by atoms with Crippen LogP contribution in [0.5, 0.6) is 0 Å². The van der Waals surface area contributed by atoms with Crippen LogP contribution in [0, 0.1) is 0 Å². The minimum absolute atomic E-state index is 0.165. The van der Waals surface area contributed by atoms with Gasteiger partial charge >= 0.3 is 12.1 Å². The monoisotopic (exact) mass is 494 g/mol. The lowest BCUT2D eigenvalue weighted by Gasteiger charge is -2.19. The summed E-state index contributed by atoms with van der Waals surface area (Å²) in [6, 6.07) is 0. The van der Waals surface area contributed by atoms with E-state index in [2.05, 4.69) is 10.6 Å². The number of alkyl carbamates (subject to hydrolysis) is 1. The van der Waals surface area contributed by atoms with Crippen molar-refractivity contribution in [2.75, 3.05) is 85.7 Å². The summed E-state index contributed by atoms with van der Waals surface area (Å²) in [7, 11) is 0. The number of nitrogens with one attached hydrogen (secondary N) is 2. The van der Waals surface area contributed by atoms with Crippen molar-refractivity contribution in [2.45, 2.75) is 52.7 Å². The molecule has 202 valence electrons. The Hall–Kier alpha value is -1.50. The van der Waals surface area contributed by atoms with E-state index in [1.54, 1.807) is 0 Å². The first-order valence-corrected chi connectivity index (χ1v) is 11.8. The molecule has 0 radical (unpaired) electrons. The van der Waals surface area contributed by atoms with Crippen molar-refractivity contribution in [3.05, 3.63) is 0 Å². The van der Waals surface area contributed by atoms with Gasteiger partial charge in [0.2, 0.25) is 0 Å². The summed E-state index contributed by atoms with van der Waals surface area (Å²) < 4.78 is 37.3. The Bertz CT molecular complexity index is 474. The first-order chi connectivity index (χ1) is 16.0. The summed E-state index contributed by atoms with van der Waals surface area (Å²) in [4.78, 5) is 22.9. The molecule has 0 heterocycles. The molecule has 1 amide bonds. The van der Waals surface area contributed by atoms with Crippen LogP contribution in [0.15, 0.2) is 0 Å². The van der Waals surface area contributed by atoms with Crippen molar-refractivity contribution in [1.82, 2.24) is 10.6 Å². The average Bonchev–Trinajstić information content (AvgIpc) is 2.69. The van der Waals surface area contributed by atoms with Crippen LogP contribution in [-0.2, 0) is 38.0 Å². The van der Waals surface area contributed by atoms with E-state index in [9.17, 15) is 9.59 Å². The predicted molar refractivity (Wildman–Crippen MR) is 127 cm³/mol. The Balaban J connectivity index is 3.21. The normalized spacial score (nSPS) is 11.9. The molecule has 0 aliphatic heterocycles. The van der Waals surface area contributed by atoms with Gasteiger partial charge in [-0.3, -0.25) is 4.79 Å². The van der Waals surface area contributed by atoms with Crippen LogP contribution in [0.4, 0.5) is 4.79 Å². The lowest BCUT2D eigenvalue weighted by molar-refractivity contribution is -0.153. The molecule has 0 aromatic carbocycles. The molecule has 0 spiro atoms. The molecule has 11 nitrogen and oxygen atoms in total. The molecule has 0 rings (SSSR count). The Morgan fingerprint density at radius 3 is 1.35 bits per heavy atom. The molecule has 0 aliphatic rings. The standard InChI is InChI=1S/C23H46N2O9/c1-22(2,3)33-20(26)19-24-7-9-28-11-13-30-15-17-32-18-16-31-14-12-29-10-8-25-21(27)34-23(4,5)6/h24H,7-19H2,1-6H3,(H,25,27). The zero-order valence-electron chi connectivity index (χ0n) is 21.9. The predicted octanol–water partition coefficient (Wildman–Crippen LogP) is 1.53. The van der Waals surface area contributed by atoms with Crippen molar-refractivity contribution in [3.8, 4) is 0 Å². The van der Waals surface area contributed by atoms with E-state index in [1.807, 2.05) is 41.5 Å². The molecular formula is C23H46N2O9. The fourth-order valence-corrected chi connectivity index (χ4v) is 2.23. The lowest BCUT2D eigenvalue weighted by Crippen LogP contribution is -2.34. The van der Waals surface area contributed by atoms with Gasteiger partial charge in [-0.15, -0.1) is 0 Å². The van der Waals surface area contributed by atoms with Crippen molar-refractivity contribution in [3.63, 3.8) is 0 Å². The van der Waals surface area contributed by atoms with Gasteiger partial charge in [0.05, 0.1) is 72.6 Å². The highest BCUT2D eigenvalue weighted by molar-refractivity contribution is 5.72. The topological polar surface area (TPSA) is 123 Å². The summed E-state index contributed by atoms with van der Waals surface area (Å²) in [5.41, 5.74) is -0.978. The van der Waals surface area contributed by atoms with Crippen LogP contribution in [0.2, 0.25) is 0 Å². The van der Waals surface area contributed by atoms with E-state index in [-0.39, 0.29) is 12.5 Å². The zero-order valence-corrected chi connectivity index (χ0v) is 21.9. The van der Waals surface area contributed by atoms with E-state index in [4.69, 9.17) is 33.2 Å². The van der Waals surface area contributed by atoms with E-state index in [0.717, 1.165) is 0 Å². The molecule has 0 aliphatic carbocycles. The largest absolute Gasteiger partial charge is 0.459 e. The summed E-state index contributed by atoms with van der Waals surface area (Å²) in [6.45, 7) is 16.7. The second kappa shape index (κ2) is 19.8. The molecule has 0 aromatic heterocycles. The summed E-state index contributed by atoms with van der Waals surface area (Å²) in [5.74, 6) is -0.278. The molecule has 0 atom stereocenters. The minimum Gasteiger partial charge on any atom is -0.459 e. The highest BCUT2D eigenvalue weighted by Crippen LogP contribution is 2.06. The third-order valence-electron chi connectivity index (χ3n) is 3.52. The van der Waals surface area contributed by atoms with Gasteiger partial charge in [0.15, 0.2) is 0 Å². The fourth-order valence-electron chi connectivity index (χ4n) is 2.23. The Morgan fingerprint density at radius 2 is 0.941 bits per heavy atom. The molecule has 0 fully saturated rings. The Labute approximate surface area is 204 Å². The second-order valence-corrected chi connectivity index (χ2v) is 9.25. The van der Waals surface area contributed by atoms with Crippen LogP contribution in [0.25, 0.3) is 0 Å². The van der Waals surface area contributed by atoms with Crippen LogP contribution >= 0.6 is 0 Å². The quantitative estimate of drug-likeness (QED) is 0.190. The molecule has 0 aromatic rings. The zero-order chi connectivity index (χ0) is 25.7. The van der Waals surface area contributed by atoms with Crippen molar-refractivity contribution < 1.29 is 42.7 Å². The number of hydrogen-bond acceptors (Lipinski definition) is 10. The first-order valence-electron chi connectivity index (χ1n) is 11.8. The van der Waals surface area contributed by atoms with Gasteiger partial charge < -0.3 is 43.8 Å².